The lowest BCUT2D eigenvalue weighted by Crippen LogP contribution is -2.45. The van der Waals surface area contributed by atoms with Crippen LogP contribution in [0.3, 0.4) is 0 Å². The summed E-state index contributed by atoms with van der Waals surface area (Å²) in [5, 5.41) is 4.19. The molecule has 0 spiro atoms. The first-order chi connectivity index (χ1) is 19.0. The number of carbonyl (C=O) groups is 1. The summed E-state index contributed by atoms with van der Waals surface area (Å²) in [6, 6.07) is 20.9. The number of morpholine rings is 1. The minimum Gasteiger partial charge on any atom is -0.494 e. The lowest BCUT2D eigenvalue weighted by atomic mass is 10.1. The van der Waals surface area contributed by atoms with Crippen molar-refractivity contribution >= 4 is 28.3 Å². The van der Waals surface area contributed by atoms with Crippen molar-refractivity contribution < 1.29 is 19.0 Å². The fourth-order valence-electron chi connectivity index (χ4n) is 4.54. The SMILES string of the molecule is CCOc1ccc2nc(-c3cccc(OCCN4CCOCC4C)c3)nc(Nc3ccc(C(N)=O)cc3)c2c1. The van der Waals surface area contributed by atoms with Crippen molar-refractivity contribution in [2.24, 2.45) is 5.73 Å². The quantitative estimate of drug-likeness (QED) is 0.307. The number of anilines is 2. The van der Waals surface area contributed by atoms with Crippen LogP contribution >= 0.6 is 0 Å². The van der Waals surface area contributed by atoms with E-state index in [4.69, 9.17) is 29.9 Å². The fourth-order valence-corrected chi connectivity index (χ4v) is 4.54. The third-order valence-electron chi connectivity index (χ3n) is 6.66. The Bertz CT molecular complexity index is 1440. The lowest BCUT2D eigenvalue weighted by Gasteiger charge is -2.32. The van der Waals surface area contributed by atoms with Gasteiger partial charge in [-0.1, -0.05) is 12.1 Å². The summed E-state index contributed by atoms with van der Waals surface area (Å²) in [6.45, 7) is 8.53. The van der Waals surface area contributed by atoms with E-state index < -0.39 is 5.91 Å². The van der Waals surface area contributed by atoms with Crippen LogP contribution in [0.25, 0.3) is 22.3 Å². The van der Waals surface area contributed by atoms with E-state index in [-0.39, 0.29) is 0 Å². The van der Waals surface area contributed by atoms with Crippen LogP contribution in [0.5, 0.6) is 11.5 Å². The Hall–Kier alpha value is -4.21. The molecule has 3 aromatic carbocycles. The van der Waals surface area contributed by atoms with Crippen molar-refractivity contribution in [3.8, 4) is 22.9 Å². The molecular weight excluding hydrogens is 494 g/mol. The van der Waals surface area contributed by atoms with Crippen molar-refractivity contribution in [3.05, 3.63) is 72.3 Å². The highest BCUT2D eigenvalue weighted by atomic mass is 16.5. The number of benzene rings is 3. The first-order valence-corrected chi connectivity index (χ1v) is 13.2. The molecule has 4 aromatic rings. The highest BCUT2D eigenvalue weighted by Crippen LogP contribution is 2.31. The molecule has 1 saturated heterocycles. The number of nitrogens with two attached hydrogens (primary N) is 1. The van der Waals surface area contributed by atoms with Crippen molar-refractivity contribution in [3.63, 3.8) is 0 Å². The summed E-state index contributed by atoms with van der Waals surface area (Å²) in [6.07, 6.45) is 0. The molecule has 1 aliphatic rings. The molecule has 9 heteroatoms. The average molecular weight is 528 g/mol. The maximum atomic E-state index is 11.5. The summed E-state index contributed by atoms with van der Waals surface area (Å²) in [7, 11) is 0. The number of amides is 1. The Morgan fingerprint density at radius 1 is 1.08 bits per heavy atom. The van der Waals surface area contributed by atoms with Gasteiger partial charge in [0.05, 0.1) is 25.3 Å². The molecule has 5 rings (SSSR count). The predicted octanol–water partition coefficient (Wildman–Crippen LogP) is 4.64. The van der Waals surface area contributed by atoms with E-state index in [1.54, 1.807) is 24.3 Å². The van der Waals surface area contributed by atoms with Gasteiger partial charge < -0.3 is 25.3 Å². The van der Waals surface area contributed by atoms with Gasteiger partial charge in [-0.25, -0.2) is 9.97 Å². The predicted molar refractivity (Wildman–Crippen MR) is 152 cm³/mol. The zero-order valence-corrected chi connectivity index (χ0v) is 22.2. The second-order valence-electron chi connectivity index (χ2n) is 9.41. The van der Waals surface area contributed by atoms with Gasteiger partial charge in [-0.05, 0) is 68.4 Å². The number of carbonyl (C=O) groups excluding carboxylic acids is 1. The summed E-state index contributed by atoms with van der Waals surface area (Å²) >= 11 is 0. The van der Waals surface area contributed by atoms with Crippen LogP contribution in [0.4, 0.5) is 11.5 Å². The van der Waals surface area contributed by atoms with Crippen molar-refractivity contribution in [1.82, 2.24) is 14.9 Å². The van der Waals surface area contributed by atoms with E-state index in [2.05, 4.69) is 17.1 Å². The number of hydrogen-bond acceptors (Lipinski definition) is 8. The normalized spacial score (nSPS) is 15.7. The average Bonchev–Trinajstić information content (AvgIpc) is 2.95. The Morgan fingerprint density at radius 3 is 2.67 bits per heavy atom. The highest BCUT2D eigenvalue weighted by molar-refractivity contribution is 5.95. The van der Waals surface area contributed by atoms with Crippen molar-refractivity contribution in [2.75, 3.05) is 44.8 Å². The van der Waals surface area contributed by atoms with Gasteiger partial charge in [0.2, 0.25) is 5.91 Å². The first-order valence-electron chi connectivity index (χ1n) is 13.2. The number of fused-ring (bicyclic) bond motifs is 1. The molecule has 0 bridgehead atoms. The van der Waals surface area contributed by atoms with Crippen LogP contribution in [0.1, 0.15) is 24.2 Å². The second kappa shape index (κ2) is 12.1. The third-order valence-corrected chi connectivity index (χ3v) is 6.66. The van der Waals surface area contributed by atoms with E-state index in [1.807, 2.05) is 49.4 Å². The van der Waals surface area contributed by atoms with Crippen LogP contribution in [-0.2, 0) is 4.74 Å². The largest absolute Gasteiger partial charge is 0.494 e. The minimum absolute atomic E-state index is 0.390. The lowest BCUT2D eigenvalue weighted by molar-refractivity contribution is -0.00514. The summed E-state index contributed by atoms with van der Waals surface area (Å²) in [4.78, 5) is 23.6. The molecule has 1 fully saturated rings. The molecule has 9 nitrogen and oxygen atoms in total. The monoisotopic (exact) mass is 527 g/mol. The molecule has 1 aromatic heterocycles. The second-order valence-corrected chi connectivity index (χ2v) is 9.41. The molecule has 1 unspecified atom stereocenters. The molecule has 0 radical (unpaired) electrons. The van der Waals surface area contributed by atoms with Gasteiger partial charge >= 0.3 is 0 Å². The molecule has 1 atom stereocenters. The van der Waals surface area contributed by atoms with E-state index in [0.29, 0.717) is 36.5 Å². The fraction of sp³-hybridized carbons (Fsp3) is 0.300. The van der Waals surface area contributed by atoms with Crippen LogP contribution < -0.4 is 20.5 Å². The van der Waals surface area contributed by atoms with E-state index >= 15 is 0 Å². The Kier molecular flexibility index (Phi) is 8.19. The molecule has 202 valence electrons. The summed E-state index contributed by atoms with van der Waals surface area (Å²) in [5.74, 6) is 2.21. The number of aromatic nitrogens is 2. The molecule has 0 aliphatic carbocycles. The number of ether oxygens (including phenoxy) is 3. The number of nitrogens with zero attached hydrogens (tertiary/aromatic N) is 3. The smallest absolute Gasteiger partial charge is 0.248 e. The standard InChI is InChI=1S/C30H33N5O4/c1-3-38-25-11-12-27-26(18-25)30(32-23-9-7-21(8-10-23)28(31)36)34-29(33-27)22-5-4-6-24(17-22)39-16-14-35-13-15-37-19-20(35)2/h4-12,17-18,20H,3,13-16,19H2,1-2H3,(H2,31,36)(H,32,33,34). The maximum absolute atomic E-state index is 11.5. The number of hydrogen-bond donors (Lipinski definition) is 2. The van der Waals surface area contributed by atoms with Gasteiger partial charge in [-0.3, -0.25) is 9.69 Å². The Balaban J connectivity index is 1.42. The molecule has 1 aliphatic heterocycles. The maximum Gasteiger partial charge on any atom is 0.248 e. The molecule has 2 heterocycles. The van der Waals surface area contributed by atoms with Gasteiger partial charge in [0.15, 0.2) is 5.82 Å². The van der Waals surface area contributed by atoms with E-state index in [9.17, 15) is 4.79 Å². The zero-order valence-electron chi connectivity index (χ0n) is 22.2. The third kappa shape index (κ3) is 6.45. The minimum atomic E-state index is -0.473. The van der Waals surface area contributed by atoms with Gasteiger partial charge in [0, 0.05) is 41.3 Å². The number of nitrogens with one attached hydrogen (secondary N) is 1. The van der Waals surface area contributed by atoms with Gasteiger partial charge in [0.25, 0.3) is 0 Å². The molecule has 1 amide bonds. The molecule has 0 saturated carbocycles. The molecular formula is C30H33N5O4. The highest BCUT2D eigenvalue weighted by Gasteiger charge is 2.18. The van der Waals surface area contributed by atoms with Crippen LogP contribution in [0.2, 0.25) is 0 Å². The summed E-state index contributed by atoms with van der Waals surface area (Å²) < 4.78 is 17.3. The number of rotatable bonds is 10. The van der Waals surface area contributed by atoms with Crippen LogP contribution in [0.15, 0.2) is 66.7 Å². The van der Waals surface area contributed by atoms with Crippen LogP contribution in [-0.4, -0.2) is 66.3 Å². The van der Waals surface area contributed by atoms with E-state index in [1.165, 1.54) is 0 Å². The molecule has 39 heavy (non-hydrogen) atoms. The first kappa shape index (κ1) is 26.4. The Labute approximate surface area is 227 Å². The topological polar surface area (TPSA) is 112 Å². The van der Waals surface area contributed by atoms with Crippen molar-refractivity contribution in [1.29, 1.82) is 0 Å². The zero-order chi connectivity index (χ0) is 27.2. The van der Waals surface area contributed by atoms with E-state index in [0.717, 1.165) is 60.0 Å². The van der Waals surface area contributed by atoms with Crippen LogP contribution in [0, 0.1) is 0 Å². The van der Waals surface area contributed by atoms with Crippen molar-refractivity contribution in [2.45, 2.75) is 19.9 Å². The Morgan fingerprint density at radius 2 is 1.90 bits per heavy atom. The summed E-state index contributed by atoms with van der Waals surface area (Å²) in [5.41, 5.74) is 8.21. The molecule has 3 N–H and O–H groups in total. The van der Waals surface area contributed by atoms with Gasteiger partial charge in [0.1, 0.15) is 23.9 Å². The van der Waals surface area contributed by atoms with Gasteiger partial charge in [-0.15, -0.1) is 0 Å². The number of primary amides is 1. The van der Waals surface area contributed by atoms with Gasteiger partial charge in [-0.2, -0.15) is 0 Å².